The molecule has 0 aromatic heterocycles. The van der Waals surface area contributed by atoms with Crippen LogP contribution < -0.4 is 4.74 Å². The molecule has 2 aromatic carbocycles. The molecule has 122 valence electrons. The van der Waals surface area contributed by atoms with Crippen molar-refractivity contribution in [2.75, 3.05) is 14.2 Å². The van der Waals surface area contributed by atoms with Crippen molar-refractivity contribution in [1.29, 1.82) is 0 Å². The summed E-state index contributed by atoms with van der Waals surface area (Å²) in [6.07, 6.45) is 0. The lowest BCUT2D eigenvalue weighted by Crippen LogP contribution is -2.32. The molecule has 0 fully saturated rings. The van der Waals surface area contributed by atoms with Gasteiger partial charge in [-0.1, -0.05) is 35.9 Å². The van der Waals surface area contributed by atoms with Gasteiger partial charge < -0.3 is 9.64 Å². The van der Waals surface area contributed by atoms with E-state index >= 15 is 0 Å². The molecule has 1 amide bonds. The summed E-state index contributed by atoms with van der Waals surface area (Å²) in [5.74, 6) is 0.924. The maximum Gasteiger partial charge on any atom is 0.235 e. The van der Waals surface area contributed by atoms with Crippen molar-refractivity contribution in [3.8, 4) is 5.75 Å². The van der Waals surface area contributed by atoms with Gasteiger partial charge in [-0.25, -0.2) is 0 Å². The molecule has 0 saturated carbocycles. The number of carbonyl (C=O) groups is 1. The Bertz CT molecular complexity index is 655. The Morgan fingerprint density at radius 2 is 1.83 bits per heavy atom. The van der Waals surface area contributed by atoms with Crippen LogP contribution in [0.25, 0.3) is 0 Å². The van der Waals surface area contributed by atoms with Crippen molar-refractivity contribution in [2.24, 2.45) is 0 Å². The van der Waals surface area contributed by atoms with Crippen LogP contribution in [0.1, 0.15) is 18.1 Å². The average molecular weight is 329 g/mol. The number of carbonyl (C=O) groups excluding carboxylic acids is 1. The Hall–Kier alpha value is -1.94. The minimum absolute atomic E-state index is 0.112. The number of methoxy groups -OCH3 is 1. The standard InChI is InChI=1S/C19H23NO2S/c1-14-9-11-17(12-10-14)23-15(2)19(21)20(3)13-16-7-5-6-8-18(16)22-4/h5-12,15H,13H2,1-4H3/t15-/m0/s1. The van der Waals surface area contributed by atoms with Crippen LogP contribution in [0.2, 0.25) is 0 Å². The molecule has 2 rings (SSSR count). The van der Waals surface area contributed by atoms with Crippen LogP contribution in [0, 0.1) is 6.92 Å². The van der Waals surface area contributed by atoms with Crippen molar-refractivity contribution in [1.82, 2.24) is 4.90 Å². The third-order valence-corrected chi connectivity index (χ3v) is 4.76. The fourth-order valence-corrected chi connectivity index (χ4v) is 3.33. The number of para-hydroxylation sites is 1. The number of nitrogens with zero attached hydrogens (tertiary/aromatic N) is 1. The van der Waals surface area contributed by atoms with Crippen molar-refractivity contribution >= 4 is 17.7 Å². The Balaban J connectivity index is 1.99. The van der Waals surface area contributed by atoms with E-state index < -0.39 is 0 Å². The van der Waals surface area contributed by atoms with Crippen molar-refractivity contribution in [2.45, 2.75) is 30.5 Å². The maximum atomic E-state index is 12.6. The zero-order valence-corrected chi connectivity index (χ0v) is 14.9. The van der Waals surface area contributed by atoms with Gasteiger partial charge in [0.2, 0.25) is 5.91 Å². The lowest BCUT2D eigenvalue weighted by Gasteiger charge is -2.22. The van der Waals surface area contributed by atoms with Crippen LogP contribution in [0.4, 0.5) is 0 Å². The highest BCUT2D eigenvalue weighted by Crippen LogP contribution is 2.26. The number of ether oxygens (including phenoxy) is 1. The Morgan fingerprint density at radius 1 is 1.17 bits per heavy atom. The number of thioether (sulfide) groups is 1. The first-order chi connectivity index (χ1) is 11.0. The van der Waals surface area contributed by atoms with Gasteiger partial charge in [0.25, 0.3) is 0 Å². The van der Waals surface area contributed by atoms with E-state index in [1.807, 2.05) is 38.2 Å². The zero-order chi connectivity index (χ0) is 16.8. The molecule has 0 aliphatic heterocycles. The van der Waals surface area contributed by atoms with Gasteiger partial charge in [-0.3, -0.25) is 4.79 Å². The van der Waals surface area contributed by atoms with E-state index in [2.05, 4.69) is 31.2 Å². The van der Waals surface area contributed by atoms with Gasteiger partial charge in [0, 0.05) is 24.1 Å². The first-order valence-electron chi connectivity index (χ1n) is 7.61. The molecular weight excluding hydrogens is 306 g/mol. The van der Waals surface area contributed by atoms with Crippen LogP contribution in [0.5, 0.6) is 5.75 Å². The van der Waals surface area contributed by atoms with Crippen LogP contribution in [0.3, 0.4) is 0 Å². The van der Waals surface area contributed by atoms with Gasteiger partial charge in [0.1, 0.15) is 5.75 Å². The summed E-state index contributed by atoms with van der Waals surface area (Å²) in [6.45, 7) is 4.55. The predicted octanol–water partition coefficient (Wildman–Crippen LogP) is 4.14. The molecule has 0 spiro atoms. The van der Waals surface area contributed by atoms with Gasteiger partial charge in [-0.05, 0) is 32.0 Å². The molecule has 0 unspecified atom stereocenters. The molecule has 1 atom stereocenters. The first-order valence-corrected chi connectivity index (χ1v) is 8.49. The van der Waals surface area contributed by atoms with Gasteiger partial charge in [0.15, 0.2) is 0 Å². The zero-order valence-electron chi connectivity index (χ0n) is 14.1. The highest BCUT2D eigenvalue weighted by Gasteiger charge is 2.19. The fraction of sp³-hybridized carbons (Fsp3) is 0.316. The van der Waals surface area contributed by atoms with Crippen LogP contribution in [0.15, 0.2) is 53.4 Å². The molecule has 0 heterocycles. The summed E-state index contributed by atoms with van der Waals surface area (Å²) >= 11 is 1.59. The Labute approximate surface area is 142 Å². The SMILES string of the molecule is COc1ccccc1CN(C)C(=O)[C@H](C)Sc1ccc(C)cc1. The molecule has 0 bridgehead atoms. The number of rotatable bonds is 6. The Morgan fingerprint density at radius 3 is 2.48 bits per heavy atom. The smallest absolute Gasteiger partial charge is 0.235 e. The van der Waals surface area contributed by atoms with E-state index in [4.69, 9.17) is 4.74 Å². The molecule has 3 nitrogen and oxygen atoms in total. The van der Waals surface area contributed by atoms with E-state index in [-0.39, 0.29) is 11.2 Å². The van der Waals surface area contributed by atoms with E-state index in [1.165, 1.54) is 5.56 Å². The summed E-state index contributed by atoms with van der Waals surface area (Å²) in [5.41, 5.74) is 2.24. The summed E-state index contributed by atoms with van der Waals surface area (Å²) < 4.78 is 5.35. The maximum absolute atomic E-state index is 12.6. The number of benzene rings is 2. The predicted molar refractivity (Wildman–Crippen MR) is 96.0 cm³/mol. The fourth-order valence-electron chi connectivity index (χ4n) is 2.35. The van der Waals surface area contributed by atoms with Crippen LogP contribution in [-0.2, 0) is 11.3 Å². The van der Waals surface area contributed by atoms with E-state index in [0.717, 1.165) is 16.2 Å². The quantitative estimate of drug-likeness (QED) is 0.746. The summed E-state index contributed by atoms with van der Waals surface area (Å²) in [7, 11) is 3.48. The first kappa shape index (κ1) is 17.4. The summed E-state index contributed by atoms with van der Waals surface area (Å²) in [5, 5.41) is -0.127. The second-order valence-electron chi connectivity index (χ2n) is 5.58. The lowest BCUT2D eigenvalue weighted by molar-refractivity contribution is -0.129. The molecule has 0 radical (unpaired) electrons. The highest BCUT2D eigenvalue weighted by molar-refractivity contribution is 8.00. The van der Waals surface area contributed by atoms with Crippen molar-refractivity contribution in [3.63, 3.8) is 0 Å². The topological polar surface area (TPSA) is 29.5 Å². The van der Waals surface area contributed by atoms with E-state index in [1.54, 1.807) is 23.8 Å². The minimum atomic E-state index is -0.127. The lowest BCUT2D eigenvalue weighted by atomic mass is 10.2. The van der Waals surface area contributed by atoms with Gasteiger partial charge in [0.05, 0.1) is 12.4 Å². The van der Waals surface area contributed by atoms with Crippen molar-refractivity contribution in [3.05, 3.63) is 59.7 Å². The van der Waals surface area contributed by atoms with E-state index in [0.29, 0.717) is 6.54 Å². The average Bonchev–Trinajstić information content (AvgIpc) is 2.56. The largest absolute Gasteiger partial charge is 0.496 e. The highest BCUT2D eigenvalue weighted by atomic mass is 32.2. The monoisotopic (exact) mass is 329 g/mol. The number of amides is 1. The number of hydrogen-bond acceptors (Lipinski definition) is 3. The number of aryl methyl sites for hydroxylation is 1. The molecule has 23 heavy (non-hydrogen) atoms. The molecule has 0 saturated heterocycles. The number of hydrogen-bond donors (Lipinski definition) is 0. The molecule has 2 aromatic rings. The third kappa shape index (κ3) is 4.76. The summed E-state index contributed by atoms with van der Waals surface area (Å²) in [6, 6.07) is 16.0. The van der Waals surface area contributed by atoms with Gasteiger partial charge in [-0.2, -0.15) is 0 Å². The molecule has 0 aliphatic carbocycles. The molecule has 0 N–H and O–H groups in total. The molecule has 0 aliphatic rings. The summed E-state index contributed by atoms with van der Waals surface area (Å²) in [4.78, 5) is 15.4. The second kappa shape index (κ2) is 8.06. The molecule has 4 heteroatoms. The van der Waals surface area contributed by atoms with Crippen LogP contribution >= 0.6 is 11.8 Å². The Kier molecular flexibility index (Phi) is 6.11. The van der Waals surface area contributed by atoms with Crippen LogP contribution in [-0.4, -0.2) is 30.2 Å². The molecular formula is C19H23NO2S. The normalized spacial score (nSPS) is 11.8. The van der Waals surface area contributed by atoms with Gasteiger partial charge in [-0.15, -0.1) is 11.8 Å². The second-order valence-corrected chi connectivity index (χ2v) is 6.99. The third-order valence-electron chi connectivity index (χ3n) is 3.66. The van der Waals surface area contributed by atoms with Crippen molar-refractivity contribution < 1.29 is 9.53 Å². The minimum Gasteiger partial charge on any atom is -0.496 e. The van der Waals surface area contributed by atoms with E-state index in [9.17, 15) is 4.79 Å². The van der Waals surface area contributed by atoms with Gasteiger partial charge >= 0.3 is 0 Å².